The van der Waals surface area contributed by atoms with Crippen molar-refractivity contribution < 1.29 is 14.8 Å². The van der Waals surface area contributed by atoms with E-state index < -0.39 is 16.4 Å². The Labute approximate surface area is 169 Å². The minimum atomic E-state index is -0.702. The number of nitro groups is 1. The highest BCUT2D eigenvalue weighted by Gasteiger charge is 2.21. The first-order valence-electron chi connectivity index (χ1n) is 9.20. The van der Waals surface area contributed by atoms with Crippen molar-refractivity contribution in [3.05, 3.63) is 54.9 Å². The number of aryl methyl sites for hydroxylation is 2. The molecule has 150 valence electrons. The van der Waals surface area contributed by atoms with Gasteiger partial charge in [0.05, 0.1) is 23.1 Å². The van der Waals surface area contributed by atoms with Crippen LogP contribution in [-0.2, 0) is 12.8 Å². The van der Waals surface area contributed by atoms with Gasteiger partial charge in [0.1, 0.15) is 11.2 Å². The second-order valence-electron chi connectivity index (χ2n) is 6.61. The van der Waals surface area contributed by atoms with E-state index in [1.54, 1.807) is 18.3 Å². The van der Waals surface area contributed by atoms with Crippen molar-refractivity contribution in [3.63, 3.8) is 0 Å². The number of hydrogen-bond acceptors (Lipinski definition) is 8. The molecule has 0 unspecified atom stereocenters. The molecule has 0 saturated heterocycles. The smallest absolute Gasteiger partial charge is 0.315 e. The average molecular weight is 414 g/mol. The molecule has 0 radical (unpaired) electrons. The van der Waals surface area contributed by atoms with E-state index in [1.165, 1.54) is 29.6 Å². The Balaban J connectivity index is 1.76. The van der Waals surface area contributed by atoms with Crippen molar-refractivity contribution >= 4 is 33.5 Å². The third kappa shape index (κ3) is 3.46. The average Bonchev–Trinajstić information content (AvgIpc) is 3.09. The highest BCUT2D eigenvalue weighted by atomic mass is 32.1. The van der Waals surface area contributed by atoms with E-state index in [1.807, 2.05) is 0 Å². The normalized spacial score (nSPS) is 13.7. The van der Waals surface area contributed by atoms with Gasteiger partial charge in [-0.15, -0.1) is 11.3 Å². The first kappa shape index (κ1) is 19.1. The second kappa shape index (κ2) is 7.63. The fraction of sp³-hybridized carbons (Fsp3) is 0.316. The third-order valence-corrected chi connectivity index (χ3v) is 5.96. The molecule has 9 nitrogen and oxygen atoms in total. The number of phenolic OH excluding ortho intramolecular Hbond substituents is 1. The molecule has 1 aliphatic rings. The third-order valence-electron chi connectivity index (χ3n) is 4.76. The maximum absolute atomic E-state index is 12.9. The molecule has 10 heteroatoms. The molecule has 0 aliphatic heterocycles. The molecule has 4 rings (SSSR count). The van der Waals surface area contributed by atoms with Crippen LogP contribution in [0.15, 0.2) is 28.4 Å². The fourth-order valence-electron chi connectivity index (χ4n) is 3.44. The van der Waals surface area contributed by atoms with Gasteiger partial charge in [-0.25, -0.2) is 4.98 Å². The molecule has 2 aromatic heterocycles. The maximum Gasteiger partial charge on any atom is 0.315 e. The zero-order chi connectivity index (χ0) is 20.5. The van der Waals surface area contributed by atoms with Gasteiger partial charge in [-0.2, -0.15) is 9.78 Å². The Hall–Kier alpha value is -3.27. The van der Waals surface area contributed by atoms with E-state index >= 15 is 0 Å². The van der Waals surface area contributed by atoms with Crippen LogP contribution in [0, 0.1) is 10.1 Å². The minimum absolute atomic E-state index is 0.0176. The summed E-state index contributed by atoms with van der Waals surface area (Å²) in [5.41, 5.74) is 0.628. The molecule has 3 aromatic rings. The number of rotatable bonds is 5. The Kier molecular flexibility index (Phi) is 5.01. The number of benzene rings is 1. The summed E-state index contributed by atoms with van der Waals surface area (Å²) in [7, 11) is 0. The molecule has 0 fully saturated rings. The lowest BCUT2D eigenvalue weighted by molar-refractivity contribution is -0.386. The topological polar surface area (TPSA) is 120 Å². The second-order valence-corrected chi connectivity index (χ2v) is 7.69. The summed E-state index contributed by atoms with van der Waals surface area (Å²) in [4.78, 5) is 29.7. The molecule has 0 bridgehead atoms. The number of hydrogen-bond donors (Lipinski definition) is 1. The zero-order valence-corrected chi connectivity index (χ0v) is 16.4. The number of aromatic hydroxyl groups is 1. The molecule has 0 amide bonds. The monoisotopic (exact) mass is 414 g/mol. The number of nitro benzene ring substituents is 1. The van der Waals surface area contributed by atoms with Crippen molar-refractivity contribution in [2.75, 3.05) is 6.61 Å². The van der Waals surface area contributed by atoms with Gasteiger partial charge in [-0.05, 0) is 44.2 Å². The molecule has 1 N–H and O–H groups in total. The van der Waals surface area contributed by atoms with E-state index in [-0.39, 0.29) is 17.9 Å². The van der Waals surface area contributed by atoms with E-state index in [0.29, 0.717) is 15.8 Å². The molecule has 0 spiro atoms. The van der Waals surface area contributed by atoms with Crippen LogP contribution in [0.5, 0.6) is 11.5 Å². The molecular formula is C19H18N4O5S. The first-order chi connectivity index (χ1) is 14.0. The molecule has 0 saturated carbocycles. The van der Waals surface area contributed by atoms with Crippen LogP contribution >= 0.6 is 11.3 Å². The summed E-state index contributed by atoms with van der Waals surface area (Å²) in [5, 5.41) is 25.9. The van der Waals surface area contributed by atoms with E-state index in [9.17, 15) is 20.0 Å². The quantitative estimate of drug-likeness (QED) is 0.389. The molecular weight excluding hydrogens is 396 g/mol. The lowest BCUT2D eigenvalue weighted by Crippen LogP contribution is -2.18. The Bertz CT molecular complexity index is 1200. The van der Waals surface area contributed by atoms with Crippen LogP contribution in [0.1, 0.15) is 35.8 Å². The predicted molar refractivity (Wildman–Crippen MR) is 109 cm³/mol. The van der Waals surface area contributed by atoms with E-state index in [4.69, 9.17) is 4.74 Å². The Morgan fingerprint density at radius 1 is 1.41 bits per heavy atom. The lowest BCUT2D eigenvalue weighted by Gasteiger charge is -2.09. The molecule has 29 heavy (non-hydrogen) atoms. The van der Waals surface area contributed by atoms with Gasteiger partial charge in [0.25, 0.3) is 5.56 Å². The summed E-state index contributed by atoms with van der Waals surface area (Å²) >= 11 is 1.56. The highest BCUT2D eigenvalue weighted by Crippen LogP contribution is 2.37. The number of thiophene rings is 1. The summed E-state index contributed by atoms with van der Waals surface area (Å²) in [6, 6.07) is 2.60. The van der Waals surface area contributed by atoms with Gasteiger partial charge in [0.15, 0.2) is 5.75 Å². The number of phenols is 1. The van der Waals surface area contributed by atoms with E-state index in [0.717, 1.165) is 35.9 Å². The Morgan fingerprint density at radius 3 is 2.97 bits per heavy atom. The molecule has 2 heterocycles. The maximum atomic E-state index is 12.9. The summed E-state index contributed by atoms with van der Waals surface area (Å²) in [5.74, 6) is -0.560. The molecule has 1 aliphatic carbocycles. The predicted octanol–water partition coefficient (Wildman–Crippen LogP) is 3.23. The van der Waals surface area contributed by atoms with Gasteiger partial charge in [0, 0.05) is 16.5 Å². The van der Waals surface area contributed by atoms with Crippen LogP contribution in [-0.4, -0.2) is 32.5 Å². The molecule has 1 aromatic carbocycles. The van der Waals surface area contributed by atoms with Crippen LogP contribution in [0.25, 0.3) is 10.2 Å². The van der Waals surface area contributed by atoms with Gasteiger partial charge >= 0.3 is 5.69 Å². The summed E-state index contributed by atoms with van der Waals surface area (Å²) in [6.45, 7) is 1.93. The number of fused-ring (bicyclic) bond motifs is 3. The number of aromatic nitrogens is 2. The first-order valence-corrected chi connectivity index (χ1v) is 10.0. The van der Waals surface area contributed by atoms with Gasteiger partial charge in [-0.1, -0.05) is 0 Å². The van der Waals surface area contributed by atoms with Gasteiger partial charge < -0.3 is 9.84 Å². The van der Waals surface area contributed by atoms with Crippen LogP contribution in [0.2, 0.25) is 0 Å². The van der Waals surface area contributed by atoms with Crippen molar-refractivity contribution in [3.8, 4) is 11.5 Å². The van der Waals surface area contributed by atoms with Crippen molar-refractivity contribution in [1.29, 1.82) is 0 Å². The Morgan fingerprint density at radius 2 is 2.21 bits per heavy atom. The largest absolute Gasteiger partial charge is 0.500 e. The van der Waals surface area contributed by atoms with Crippen LogP contribution < -0.4 is 10.3 Å². The summed E-state index contributed by atoms with van der Waals surface area (Å²) < 4.78 is 6.39. The van der Waals surface area contributed by atoms with Gasteiger partial charge in [-0.3, -0.25) is 14.9 Å². The number of nitrogens with zero attached hydrogens (tertiary/aromatic N) is 4. The highest BCUT2D eigenvalue weighted by molar-refractivity contribution is 7.18. The lowest BCUT2D eigenvalue weighted by atomic mass is 9.97. The van der Waals surface area contributed by atoms with Crippen LogP contribution in [0.4, 0.5) is 5.69 Å². The SMILES string of the molecule is CCOc1cc(/C=N\n2cnc3sc4c(c3c2=O)CCCC4)cc([N+](=O)[O-])c1O. The minimum Gasteiger partial charge on any atom is -0.500 e. The van der Waals surface area contributed by atoms with Crippen molar-refractivity contribution in [2.45, 2.75) is 32.6 Å². The van der Waals surface area contributed by atoms with Gasteiger partial charge in [0.2, 0.25) is 5.75 Å². The fourth-order valence-corrected chi connectivity index (χ4v) is 4.66. The van der Waals surface area contributed by atoms with Crippen molar-refractivity contribution in [1.82, 2.24) is 9.66 Å². The zero-order valence-electron chi connectivity index (χ0n) is 15.6. The summed E-state index contributed by atoms with van der Waals surface area (Å²) in [6.07, 6.45) is 6.66. The number of ether oxygens (including phenoxy) is 1. The standard InChI is InChI=1S/C19H18N4O5S/c1-2-28-14-8-11(7-13(17(14)24)23(26)27)9-21-22-10-20-18-16(19(22)25)12-5-3-4-6-15(12)29-18/h7-10,24H,2-6H2,1H3/b21-9-. The molecule has 0 atom stereocenters. The van der Waals surface area contributed by atoms with Crippen molar-refractivity contribution in [2.24, 2.45) is 5.10 Å². The van der Waals surface area contributed by atoms with E-state index in [2.05, 4.69) is 10.1 Å². The van der Waals surface area contributed by atoms with Crippen LogP contribution in [0.3, 0.4) is 0 Å².